The Balaban J connectivity index is 0.00000208. The molecular weight excluding hydrogens is 344 g/mol. The van der Waals surface area contributed by atoms with E-state index in [2.05, 4.69) is 16.8 Å². The van der Waals surface area contributed by atoms with Crippen molar-refractivity contribution in [3.63, 3.8) is 0 Å². The molecule has 1 fully saturated rings. The van der Waals surface area contributed by atoms with Crippen LogP contribution in [0.1, 0.15) is 26.5 Å². The Morgan fingerprint density at radius 1 is 1.17 bits per heavy atom. The van der Waals surface area contributed by atoms with Crippen molar-refractivity contribution in [3.8, 4) is 0 Å². The van der Waals surface area contributed by atoms with Crippen LogP contribution in [0, 0.1) is 13.8 Å². The largest absolute Gasteiger partial charge is 0.345 e. The van der Waals surface area contributed by atoms with Crippen molar-refractivity contribution >= 4 is 34.8 Å². The molecule has 0 bridgehead atoms. The van der Waals surface area contributed by atoms with Gasteiger partial charge in [0.1, 0.15) is 0 Å². The smallest absolute Gasteiger partial charge is 0.253 e. The van der Waals surface area contributed by atoms with Crippen molar-refractivity contribution < 1.29 is 4.79 Å². The first kappa shape index (κ1) is 18.7. The first-order valence-electron chi connectivity index (χ1n) is 7.85. The van der Waals surface area contributed by atoms with Gasteiger partial charge in [-0.25, -0.2) is 4.98 Å². The zero-order valence-corrected chi connectivity index (χ0v) is 15.6. The molecule has 1 aliphatic heterocycles. The molecular formula is C17H23ClN4OS. The van der Waals surface area contributed by atoms with Crippen LogP contribution >= 0.6 is 23.7 Å². The maximum atomic E-state index is 12.6. The molecule has 5 nitrogen and oxygen atoms in total. The maximum Gasteiger partial charge on any atom is 0.253 e. The van der Waals surface area contributed by atoms with Crippen LogP contribution in [0.2, 0.25) is 0 Å². The summed E-state index contributed by atoms with van der Waals surface area (Å²) < 4.78 is 0. The predicted octanol–water partition coefficient (Wildman–Crippen LogP) is 2.60. The Hall–Kier alpha value is -1.63. The highest BCUT2D eigenvalue weighted by Gasteiger charge is 2.23. The summed E-state index contributed by atoms with van der Waals surface area (Å²) in [5.41, 5.74) is 8.47. The number of aromatic nitrogens is 1. The fraction of sp³-hybridized carbons (Fsp3) is 0.412. The van der Waals surface area contributed by atoms with E-state index in [1.807, 2.05) is 36.1 Å². The Morgan fingerprint density at radius 3 is 2.29 bits per heavy atom. The molecule has 130 valence electrons. The molecule has 1 aliphatic rings. The normalized spacial score (nSPS) is 14.5. The van der Waals surface area contributed by atoms with Gasteiger partial charge in [0, 0.05) is 43.2 Å². The second kappa shape index (κ2) is 7.96. The third-order valence-corrected chi connectivity index (χ3v) is 5.42. The molecule has 1 saturated heterocycles. The van der Waals surface area contributed by atoms with Crippen LogP contribution in [0.4, 0.5) is 5.13 Å². The number of nitrogens with two attached hydrogens (primary N) is 1. The van der Waals surface area contributed by atoms with E-state index in [1.165, 1.54) is 4.88 Å². The molecule has 0 spiro atoms. The number of amides is 1. The van der Waals surface area contributed by atoms with Crippen LogP contribution in [0.15, 0.2) is 24.3 Å². The molecule has 0 radical (unpaired) electrons. The number of aryl methyl sites for hydroxylation is 2. The molecule has 0 unspecified atom stereocenters. The summed E-state index contributed by atoms with van der Waals surface area (Å²) in [6.07, 6.45) is 0. The monoisotopic (exact) mass is 366 g/mol. The number of thiazole rings is 1. The van der Waals surface area contributed by atoms with Gasteiger partial charge in [-0.2, -0.15) is 0 Å². The third-order valence-electron chi connectivity index (χ3n) is 4.29. The van der Waals surface area contributed by atoms with Gasteiger partial charge in [-0.1, -0.05) is 12.1 Å². The number of hydrogen-bond acceptors (Lipinski definition) is 5. The Labute approximate surface area is 152 Å². The van der Waals surface area contributed by atoms with E-state index in [-0.39, 0.29) is 18.3 Å². The predicted molar refractivity (Wildman–Crippen MR) is 101 cm³/mol. The lowest BCUT2D eigenvalue weighted by atomic mass is 10.1. The number of anilines is 1. The number of halogens is 1. The molecule has 2 heterocycles. The van der Waals surface area contributed by atoms with Gasteiger partial charge in [0.25, 0.3) is 5.91 Å². The number of nitrogens with zero attached hydrogens (tertiary/aromatic N) is 3. The molecule has 3 rings (SSSR count). The Bertz CT molecular complexity index is 674. The van der Waals surface area contributed by atoms with Gasteiger partial charge in [-0.05, 0) is 31.5 Å². The van der Waals surface area contributed by atoms with E-state index in [4.69, 9.17) is 5.73 Å². The second-order valence-corrected chi connectivity index (χ2v) is 7.00. The molecule has 0 atom stereocenters. The van der Waals surface area contributed by atoms with E-state index in [9.17, 15) is 4.79 Å². The highest BCUT2D eigenvalue weighted by molar-refractivity contribution is 7.15. The van der Waals surface area contributed by atoms with Crippen molar-refractivity contribution in [2.24, 2.45) is 5.73 Å². The zero-order chi connectivity index (χ0) is 16.4. The standard InChI is InChI=1S/C17H22N4OS.ClH/c1-12-13(2)23-17(19-12)21-9-7-20(8-10-21)16(22)15-5-3-14(11-18)4-6-15;/h3-6H,7-11,18H2,1-2H3;1H. The Kier molecular flexibility index (Phi) is 6.21. The highest BCUT2D eigenvalue weighted by atomic mass is 35.5. The molecule has 24 heavy (non-hydrogen) atoms. The third kappa shape index (κ3) is 3.88. The van der Waals surface area contributed by atoms with Gasteiger partial charge in [-0.15, -0.1) is 23.7 Å². The zero-order valence-electron chi connectivity index (χ0n) is 14.0. The average molecular weight is 367 g/mol. The first-order chi connectivity index (χ1) is 11.1. The van der Waals surface area contributed by atoms with Gasteiger partial charge in [0.05, 0.1) is 5.69 Å². The molecule has 7 heteroatoms. The molecule has 1 amide bonds. The average Bonchev–Trinajstić information content (AvgIpc) is 2.93. The van der Waals surface area contributed by atoms with Crippen LogP contribution in [-0.4, -0.2) is 42.0 Å². The van der Waals surface area contributed by atoms with Crippen LogP contribution in [0.25, 0.3) is 0 Å². The minimum atomic E-state index is 0. The first-order valence-corrected chi connectivity index (χ1v) is 8.67. The van der Waals surface area contributed by atoms with Gasteiger partial charge >= 0.3 is 0 Å². The second-order valence-electron chi connectivity index (χ2n) is 5.82. The number of carbonyl (C=O) groups excluding carboxylic acids is 1. The molecule has 0 aliphatic carbocycles. The highest BCUT2D eigenvalue weighted by Crippen LogP contribution is 2.26. The summed E-state index contributed by atoms with van der Waals surface area (Å²) in [6, 6.07) is 7.57. The number of rotatable bonds is 3. The summed E-state index contributed by atoms with van der Waals surface area (Å²) in [6.45, 7) is 7.77. The van der Waals surface area contributed by atoms with Gasteiger partial charge < -0.3 is 15.5 Å². The summed E-state index contributed by atoms with van der Waals surface area (Å²) in [5.74, 6) is 0.0970. The topological polar surface area (TPSA) is 62.5 Å². The van der Waals surface area contributed by atoms with Crippen LogP contribution < -0.4 is 10.6 Å². The Morgan fingerprint density at radius 2 is 1.79 bits per heavy atom. The lowest BCUT2D eigenvalue weighted by Gasteiger charge is -2.34. The number of carbonyl (C=O) groups is 1. The summed E-state index contributed by atoms with van der Waals surface area (Å²) in [7, 11) is 0. The lowest BCUT2D eigenvalue weighted by Crippen LogP contribution is -2.48. The minimum Gasteiger partial charge on any atom is -0.345 e. The number of hydrogen-bond donors (Lipinski definition) is 1. The van der Waals surface area contributed by atoms with Gasteiger partial charge in [-0.3, -0.25) is 4.79 Å². The fourth-order valence-corrected chi connectivity index (χ4v) is 3.62. The van der Waals surface area contributed by atoms with E-state index >= 15 is 0 Å². The minimum absolute atomic E-state index is 0. The molecule has 1 aromatic carbocycles. The van der Waals surface area contributed by atoms with E-state index < -0.39 is 0 Å². The van der Waals surface area contributed by atoms with E-state index in [1.54, 1.807) is 11.3 Å². The molecule has 0 saturated carbocycles. The van der Waals surface area contributed by atoms with Crippen LogP contribution in [0.3, 0.4) is 0 Å². The summed E-state index contributed by atoms with van der Waals surface area (Å²) >= 11 is 1.73. The number of piperazine rings is 1. The van der Waals surface area contributed by atoms with Crippen LogP contribution in [-0.2, 0) is 6.54 Å². The van der Waals surface area contributed by atoms with E-state index in [0.717, 1.165) is 48.1 Å². The van der Waals surface area contributed by atoms with E-state index in [0.29, 0.717) is 6.54 Å². The SMILES string of the molecule is Cc1nc(N2CCN(C(=O)c3ccc(CN)cc3)CC2)sc1C.Cl. The van der Waals surface area contributed by atoms with Crippen molar-refractivity contribution in [1.82, 2.24) is 9.88 Å². The van der Waals surface area contributed by atoms with Crippen molar-refractivity contribution in [1.29, 1.82) is 0 Å². The van der Waals surface area contributed by atoms with Crippen LogP contribution in [0.5, 0.6) is 0 Å². The van der Waals surface area contributed by atoms with Crippen molar-refractivity contribution in [3.05, 3.63) is 46.0 Å². The molecule has 2 aromatic rings. The summed E-state index contributed by atoms with van der Waals surface area (Å²) in [5, 5.41) is 1.07. The van der Waals surface area contributed by atoms with Gasteiger partial charge in [0.2, 0.25) is 0 Å². The summed E-state index contributed by atoms with van der Waals surface area (Å²) in [4.78, 5) is 22.6. The quantitative estimate of drug-likeness (QED) is 0.906. The van der Waals surface area contributed by atoms with Crippen molar-refractivity contribution in [2.75, 3.05) is 31.1 Å². The van der Waals surface area contributed by atoms with Crippen molar-refractivity contribution in [2.45, 2.75) is 20.4 Å². The fourth-order valence-electron chi connectivity index (χ4n) is 2.66. The number of benzene rings is 1. The molecule has 1 aromatic heterocycles. The maximum absolute atomic E-state index is 12.6. The molecule has 2 N–H and O–H groups in total. The lowest BCUT2D eigenvalue weighted by molar-refractivity contribution is 0.0746. The van der Waals surface area contributed by atoms with Gasteiger partial charge in [0.15, 0.2) is 5.13 Å².